The molecule has 1 nitrogen and oxygen atoms in total. The topological polar surface area (TPSA) is 17.1 Å². The standard InChI is InChI=1S/C10H8BrF3O/c11-6-8(15)5-7-3-1-2-4-9(7)10(12,13)14/h1-4H,5-6H2. The van der Waals surface area contributed by atoms with Gasteiger partial charge in [0.15, 0.2) is 0 Å². The second-order valence-corrected chi connectivity index (χ2v) is 3.56. The van der Waals surface area contributed by atoms with Crippen molar-refractivity contribution >= 4 is 21.7 Å². The third-order valence-corrected chi connectivity index (χ3v) is 2.48. The number of hydrogen-bond donors (Lipinski definition) is 0. The third-order valence-electron chi connectivity index (χ3n) is 1.86. The zero-order chi connectivity index (χ0) is 11.5. The molecule has 1 rings (SSSR count). The Balaban J connectivity index is 3.02. The molecule has 0 bridgehead atoms. The lowest BCUT2D eigenvalue weighted by molar-refractivity contribution is -0.138. The van der Waals surface area contributed by atoms with Gasteiger partial charge in [-0.25, -0.2) is 0 Å². The fourth-order valence-corrected chi connectivity index (χ4v) is 1.41. The van der Waals surface area contributed by atoms with Crippen molar-refractivity contribution in [3.05, 3.63) is 35.4 Å². The minimum atomic E-state index is -4.40. The Morgan fingerprint density at radius 2 is 1.87 bits per heavy atom. The Morgan fingerprint density at radius 3 is 2.40 bits per heavy atom. The molecule has 5 heteroatoms. The van der Waals surface area contributed by atoms with Gasteiger partial charge in [-0.1, -0.05) is 34.1 Å². The summed E-state index contributed by atoms with van der Waals surface area (Å²) in [5, 5.41) is 0.0686. The first-order chi connectivity index (χ1) is 6.95. The van der Waals surface area contributed by atoms with Gasteiger partial charge in [0, 0.05) is 6.42 Å². The first-order valence-corrected chi connectivity index (χ1v) is 5.30. The van der Waals surface area contributed by atoms with Crippen LogP contribution in [0.2, 0.25) is 0 Å². The Kier molecular flexibility index (Phi) is 3.90. The number of alkyl halides is 4. The molecule has 82 valence electrons. The van der Waals surface area contributed by atoms with Crippen LogP contribution in [0.25, 0.3) is 0 Å². The highest BCUT2D eigenvalue weighted by Gasteiger charge is 2.33. The Morgan fingerprint density at radius 1 is 1.27 bits per heavy atom. The maximum absolute atomic E-state index is 12.5. The second-order valence-electron chi connectivity index (χ2n) is 3.00. The van der Waals surface area contributed by atoms with Gasteiger partial charge in [-0.3, -0.25) is 4.79 Å². The van der Waals surface area contributed by atoms with Crippen LogP contribution in [0.15, 0.2) is 24.3 Å². The number of benzene rings is 1. The van der Waals surface area contributed by atoms with Gasteiger partial charge in [-0.15, -0.1) is 0 Å². The van der Waals surface area contributed by atoms with E-state index in [0.29, 0.717) is 0 Å². The fraction of sp³-hybridized carbons (Fsp3) is 0.300. The first-order valence-electron chi connectivity index (χ1n) is 4.18. The molecule has 0 aromatic heterocycles. The summed E-state index contributed by atoms with van der Waals surface area (Å²) < 4.78 is 37.4. The van der Waals surface area contributed by atoms with Gasteiger partial charge in [0.1, 0.15) is 5.78 Å². The van der Waals surface area contributed by atoms with Gasteiger partial charge in [-0.2, -0.15) is 13.2 Å². The average Bonchev–Trinajstić information content (AvgIpc) is 2.17. The molecule has 0 saturated carbocycles. The van der Waals surface area contributed by atoms with Crippen LogP contribution < -0.4 is 0 Å². The van der Waals surface area contributed by atoms with E-state index >= 15 is 0 Å². The molecular formula is C10H8BrF3O. The molecule has 1 aromatic carbocycles. The van der Waals surface area contributed by atoms with Gasteiger partial charge in [0.2, 0.25) is 0 Å². The number of hydrogen-bond acceptors (Lipinski definition) is 1. The van der Waals surface area contributed by atoms with Crippen LogP contribution in [0.5, 0.6) is 0 Å². The molecule has 0 amide bonds. The molecule has 0 fully saturated rings. The lowest BCUT2D eigenvalue weighted by Gasteiger charge is -2.11. The van der Waals surface area contributed by atoms with Crippen molar-refractivity contribution < 1.29 is 18.0 Å². The van der Waals surface area contributed by atoms with E-state index in [1.54, 1.807) is 0 Å². The molecule has 0 aliphatic rings. The molecule has 0 spiro atoms. The normalized spacial score (nSPS) is 11.5. The van der Waals surface area contributed by atoms with E-state index in [1.165, 1.54) is 18.2 Å². The molecule has 1 aromatic rings. The Hall–Kier alpha value is -0.840. The summed E-state index contributed by atoms with van der Waals surface area (Å²) >= 11 is 2.92. The Bertz CT molecular complexity index is 360. The quantitative estimate of drug-likeness (QED) is 0.777. The maximum atomic E-state index is 12.5. The van der Waals surface area contributed by atoms with Crippen molar-refractivity contribution in [1.29, 1.82) is 0 Å². The van der Waals surface area contributed by atoms with Crippen LogP contribution >= 0.6 is 15.9 Å². The van der Waals surface area contributed by atoms with E-state index in [1.807, 2.05) is 0 Å². The van der Waals surface area contributed by atoms with Gasteiger partial charge < -0.3 is 0 Å². The van der Waals surface area contributed by atoms with Gasteiger partial charge >= 0.3 is 6.18 Å². The first kappa shape index (κ1) is 12.2. The molecule has 0 aliphatic heterocycles. The summed E-state index contributed by atoms with van der Waals surface area (Å²) in [7, 11) is 0. The smallest absolute Gasteiger partial charge is 0.298 e. The van der Waals surface area contributed by atoms with E-state index in [0.717, 1.165) is 6.07 Å². The highest BCUT2D eigenvalue weighted by atomic mass is 79.9. The number of halogens is 4. The molecule has 15 heavy (non-hydrogen) atoms. The summed E-state index contributed by atoms with van der Waals surface area (Å²) in [6.45, 7) is 0. The third kappa shape index (κ3) is 3.34. The molecule has 0 heterocycles. The summed E-state index contributed by atoms with van der Waals surface area (Å²) in [6, 6.07) is 5.11. The van der Waals surface area contributed by atoms with E-state index in [-0.39, 0.29) is 23.1 Å². The van der Waals surface area contributed by atoms with E-state index < -0.39 is 11.7 Å². The highest BCUT2D eigenvalue weighted by molar-refractivity contribution is 9.09. The van der Waals surface area contributed by atoms with Crippen LogP contribution in [-0.2, 0) is 17.4 Å². The predicted molar refractivity (Wildman–Crippen MR) is 53.9 cm³/mol. The highest BCUT2D eigenvalue weighted by Crippen LogP contribution is 2.32. The fourth-order valence-electron chi connectivity index (χ4n) is 1.21. The van der Waals surface area contributed by atoms with Crippen LogP contribution in [0.3, 0.4) is 0 Å². The van der Waals surface area contributed by atoms with Crippen LogP contribution in [0.1, 0.15) is 11.1 Å². The van der Waals surface area contributed by atoms with Crippen LogP contribution in [-0.4, -0.2) is 11.1 Å². The number of ketones is 1. The summed E-state index contributed by atoms with van der Waals surface area (Å²) in [6.07, 6.45) is -4.59. The van der Waals surface area contributed by atoms with Gasteiger partial charge in [0.25, 0.3) is 0 Å². The van der Waals surface area contributed by atoms with Crippen molar-refractivity contribution in [2.45, 2.75) is 12.6 Å². The van der Waals surface area contributed by atoms with Gasteiger partial charge in [-0.05, 0) is 11.6 Å². The van der Waals surface area contributed by atoms with Crippen LogP contribution in [0.4, 0.5) is 13.2 Å². The number of carbonyl (C=O) groups is 1. The lowest BCUT2D eigenvalue weighted by Crippen LogP contribution is -2.12. The van der Waals surface area contributed by atoms with Crippen molar-refractivity contribution in [2.75, 3.05) is 5.33 Å². The minimum absolute atomic E-state index is 0.0226. The predicted octanol–water partition coefficient (Wildman–Crippen LogP) is 3.21. The minimum Gasteiger partial charge on any atom is -0.298 e. The molecule has 0 atom stereocenters. The second kappa shape index (κ2) is 4.79. The molecule has 0 unspecified atom stereocenters. The van der Waals surface area contributed by atoms with E-state index in [4.69, 9.17) is 0 Å². The van der Waals surface area contributed by atoms with E-state index in [9.17, 15) is 18.0 Å². The molecule has 0 N–H and O–H groups in total. The zero-order valence-electron chi connectivity index (χ0n) is 7.64. The number of Topliss-reactive ketones (excluding diaryl/α,β-unsaturated/α-hetero) is 1. The summed E-state index contributed by atoms with van der Waals surface area (Å²) in [5.41, 5.74) is -0.714. The van der Waals surface area contributed by atoms with Crippen molar-refractivity contribution in [3.8, 4) is 0 Å². The van der Waals surface area contributed by atoms with Crippen molar-refractivity contribution in [3.63, 3.8) is 0 Å². The Labute approximate surface area is 93.4 Å². The molecule has 0 saturated heterocycles. The lowest BCUT2D eigenvalue weighted by atomic mass is 10.0. The number of carbonyl (C=O) groups excluding carboxylic acids is 1. The van der Waals surface area contributed by atoms with Crippen LogP contribution in [0, 0.1) is 0 Å². The maximum Gasteiger partial charge on any atom is 0.416 e. The summed E-state index contributed by atoms with van der Waals surface area (Å²) in [5.74, 6) is -0.272. The zero-order valence-corrected chi connectivity index (χ0v) is 9.23. The largest absolute Gasteiger partial charge is 0.416 e. The monoisotopic (exact) mass is 280 g/mol. The van der Waals surface area contributed by atoms with E-state index in [2.05, 4.69) is 15.9 Å². The average molecular weight is 281 g/mol. The van der Waals surface area contributed by atoms with Crippen molar-refractivity contribution in [2.24, 2.45) is 0 Å². The van der Waals surface area contributed by atoms with Crippen molar-refractivity contribution in [1.82, 2.24) is 0 Å². The summed E-state index contributed by atoms with van der Waals surface area (Å²) in [4.78, 5) is 11.0. The molecule has 0 radical (unpaired) electrons. The SMILES string of the molecule is O=C(CBr)Cc1ccccc1C(F)(F)F. The number of rotatable bonds is 3. The molecule has 0 aliphatic carbocycles. The molecular weight excluding hydrogens is 273 g/mol. The van der Waals surface area contributed by atoms with Gasteiger partial charge in [0.05, 0.1) is 10.9 Å².